The molecule has 0 saturated carbocycles. The van der Waals surface area contributed by atoms with E-state index in [1.54, 1.807) is 53.4 Å². The molecule has 0 unspecified atom stereocenters. The smallest absolute Gasteiger partial charge is 0.227 e. The fourth-order valence-electron chi connectivity index (χ4n) is 2.85. The third-order valence-corrected chi connectivity index (χ3v) is 4.43. The van der Waals surface area contributed by atoms with Crippen LogP contribution in [0.1, 0.15) is 40.0 Å². The number of Topliss-reactive ketones (excluding diaryl/α,β-unsaturated/α-hetero) is 2. The predicted octanol–water partition coefficient (Wildman–Crippen LogP) is 3.92. The number of benzene rings is 2. The maximum atomic E-state index is 12.5. The predicted molar refractivity (Wildman–Crippen MR) is 92.8 cm³/mol. The molecule has 122 valence electrons. The molecule has 4 nitrogen and oxygen atoms in total. The molecule has 0 spiro atoms. The lowest BCUT2D eigenvalue weighted by Crippen LogP contribution is -2.37. The van der Waals surface area contributed by atoms with Gasteiger partial charge < -0.3 is 4.90 Å². The number of carbonyl (C=O) groups is 3. The summed E-state index contributed by atoms with van der Waals surface area (Å²) in [6.45, 7) is 0.356. The fourth-order valence-corrected chi connectivity index (χ4v) is 3.09. The average Bonchev–Trinajstić information content (AvgIpc) is 2.60. The van der Waals surface area contributed by atoms with Crippen LogP contribution >= 0.6 is 11.6 Å². The van der Waals surface area contributed by atoms with Crippen molar-refractivity contribution in [1.29, 1.82) is 0 Å². The van der Waals surface area contributed by atoms with E-state index in [2.05, 4.69) is 0 Å². The largest absolute Gasteiger partial charge is 0.311 e. The van der Waals surface area contributed by atoms with Crippen LogP contribution in [-0.2, 0) is 4.79 Å². The number of para-hydroxylation sites is 1. The van der Waals surface area contributed by atoms with Crippen LogP contribution < -0.4 is 4.90 Å². The van der Waals surface area contributed by atoms with E-state index in [9.17, 15) is 14.4 Å². The molecular formula is C19H16ClNO3. The minimum atomic E-state index is -0.157. The molecule has 0 aliphatic carbocycles. The molecule has 0 fully saturated rings. The Bertz CT molecular complexity index is 816. The first-order valence-corrected chi connectivity index (χ1v) is 8.16. The first-order valence-electron chi connectivity index (χ1n) is 7.78. The van der Waals surface area contributed by atoms with E-state index in [4.69, 9.17) is 11.6 Å². The van der Waals surface area contributed by atoms with Gasteiger partial charge in [-0.15, -0.1) is 0 Å². The number of anilines is 1. The lowest BCUT2D eigenvalue weighted by Gasteiger charge is -2.28. The molecule has 2 aromatic rings. The van der Waals surface area contributed by atoms with Gasteiger partial charge in [-0.2, -0.15) is 0 Å². The normalized spacial score (nSPS) is 13.5. The average molecular weight is 342 g/mol. The molecule has 2 aromatic carbocycles. The Kier molecular flexibility index (Phi) is 4.76. The van der Waals surface area contributed by atoms with Crippen LogP contribution in [0.25, 0.3) is 0 Å². The summed E-state index contributed by atoms with van der Waals surface area (Å²) >= 11 is 6.01. The summed E-state index contributed by atoms with van der Waals surface area (Å²) in [6, 6.07) is 13.9. The Hall–Kier alpha value is -2.46. The number of hydrogen-bond donors (Lipinski definition) is 0. The van der Waals surface area contributed by atoms with E-state index in [0.717, 1.165) is 0 Å². The zero-order chi connectivity index (χ0) is 17.1. The van der Waals surface area contributed by atoms with Gasteiger partial charge in [0.15, 0.2) is 11.6 Å². The molecule has 1 heterocycles. The number of nitrogens with zero attached hydrogens (tertiary/aromatic N) is 1. The first kappa shape index (κ1) is 16.4. The van der Waals surface area contributed by atoms with Crippen molar-refractivity contribution in [2.75, 3.05) is 11.4 Å². The number of hydrogen-bond acceptors (Lipinski definition) is 3. The molecule has 0 radical (unpaired) electrons. The van der Waals surface area contributed by atoms with E-state index >= 15 is 0 Å². The van der Waals surface area contributed by atoms with Crippen LogP contribution in [0.15, 0.2) is 48.5 Å². The van der Waals surface area contributed by atoms with Crippen molar-refractivity contribution < 1.29 is 14.4 Å². The summed E-state index contributed by atoms with van der Waals surface area (Å²) < 4.78 is 0. The zero-order valence-corrected chi connectivity index (χ0v) is 13.8. The van der Waals surface area contributed by atoms with E-state index in [-0.39, 0.29) is 30.3 Å². The van der Waals surface area contributed by atoms with Crippen LogP contribution in [0.3, 0.4) is 0 Å². The van der Waals surface area contributed by atoms with E-state index in [0.29, 0.717) is 34.8 Å². The Balaban J connectivity index is 1.70. The van der Waals surface area contributed by atoms with Crippen molar-refractivity contribution in [2.45, 2.75) is 19.3 Å². The first-order chi connectivity index (χ1) is 11.6. The number of carbonyl (C=O) groups excluding carboxylic acids is 3. The quantitative estimate of drug-likeness (QED) is 0.792. The van der Waals surface area contributed by atoms with Gasteiger partial charge in [-0.05, 0) is 24.3 Å². The second-order valence-electron chi connectivity index (χ2n) is 5.64. The minimum absolute atomic E-state index is 0.0433. The molecule has 1 aliphatic rings. The molecule has 0 atom stereocenters. The van der Waals surface area contributed by atoms with Crippen molar-refractivity contribution >= 4 is 34.8 Å². The molecule has 24 heavy (non-hydrogen) atoms. The summed E-state index contributed by atoms with van der Waals surface area (Å²) in [5.41, 5.74) is 1.62. The lowest BCUT2D eigenvalue weighted by atomic mass is 9.99. The number of ketones is 2. The molecule has 3 rings (SSSR count). The topological polar surface area (TPSA) is 54.5 Å². The highest BCUT2D eigenvalue weighted by Gasteiger charge is 2.27. The minimum Gasteiger partial charge on any atom is -0.311 e. The molecule has 0 saturated heterocycles. The van der Waals surface area contributed by atoms with Crippen LogP contribution in [0, 0.1) is 0 Å². The molecule has 0 N–H and O–H groups in total. The Labute approximate surface area is 145 Å². The highest BCUT2D eigenvalue weighted by atomic mass is 35.5. The Morgan fingerprint density at radius 3 is 2.50 bits per heavy atom. The van der Waals surface area contributed by atoms with Gasteiger partial charge in [0.25, 0.3) is 0 Å². The summed E-state index contributed by atoms with van der Waals surface area (Å²) in [5, 5.41) is 0.392. The molecular weight excluding hydrogens is 326 g/mol. The van der Waals surface area contributed by atoms with E-state index in [1.807, 2.05) is 0 Å². The monoisotopic (exact) mass is 341 g/mol. The van der Waals surface area contributed by atoms with Crippen molar-refractivity contribution in [2.24, 2.45) is 0 Å². The fraction of sp³-hybridized carbons (Fsp3) is 0.211. The van der Waals surface area contributed by atoms with Crippen molar-refractivity contribution in [3.63, 3.8) is 0 Å². The zero-order valence-electron chi connectivity index (χ0n) is 13.0. The number of fused-ring (bicyclic) bond motifs is 1. The number of halogens is 1. The van der Waals surface area contributed by atoms with Crippen LogP contribution in [-0.4, -0.2) is 24.0 Å². The molecule has 1 amide bonds. The van der Waals surface area contributed by atoms with E-state index < -0.39 is 0 Å². The van der Waals surface area contributed by atoms with Crippen molar-refractivity contribution in [1.82, 2.24) is 0 Å². The van der Waals surface area contributed by atoms with Crippen LogP contribution in [0.2, 0.25) is 5.02 Å². The molecule has 0 aromatic heterocycles. The van der Waals surface area contributed by atoms with Gasteiger partial charge in [-0.1, -0.05) is 35.9 Å². The van der Waals surface area contributed by atoms with Gasteiger partial charge in [-0.25, -0.2) is 0 Å². The van der Waals surface area contributed by atoms with Gasteiger partial charge in [-0.3, -0.25) is 14.4 Å². The summed E-state index contributed by atoms with van der Waals surface area (Å²) in [5.74, 6) is -0.271. The summed E-state index contributed by atoms with van der Waals surface area (Å²) in [6.07, 6.45) is 0.489. The maximum absolute atomic E-state index is 12.5. The number of amides is 1. The molecule has 0 bridgehead atoms. The Morgan fingerprint density at radius 2 is 1.71 bits per heavy atom. The van der Waals surface area contributed by atoms with Gasteiger partial charge in [0.05, 0.1) is 10.7 Å². The van der Waals surface area contributed by atoms with Crippen molar-refractivity contribution in [3.05, 3.63) is 64.7 Å². The van der Waals surface area contributed by atoms with E-state index in [1.165, 1.54) is 0 Å². The van der Waals surface area contributed by atoms with Gasteiger partial charge in [0.2, 0.25) is 5.91 Å². The van der Waals surface area contributed by atoms with Gasteiger partial charge >= 0.3 is 0 Å². The SMILES string of the molecule is O=C(CCC(=O)N1CCC(=O)c2ccccc21)c1ccccc1Cl. The number of rotatable bonds is 4. The van der Waals surface area contributed by atoms with Crippen molar-refractivity contribution in [3.8, 4) is 0 Å². The van der Waals surface area contributed by atoms with Crippen LogP contribution in [0.5, 0.6) is 0 Å². The van der Waals surface area contributed by atoms with Gasteiger partial charge in [0, 0.05) is 36.9 Å². The lowest BCUT2D eigenvalue weighted by molar-refractivity contribution is -0.118. The Morgan fingerprint density at radius 1 is 1.00 bits per heavy atom. The summed E-state index contributed by atoms with van der Waals surface area (Å²) in [4.78, 5) is 38.3. The third kappa shape index (κ3) is 3.24. The molecule has 5 heteroatoms. The molecule has 1 aliphatic heterocycles. The van der Waals surface area contributed by atoms with Crippen LogP contribution in [0.4, 0.5) is 5.69 Å². The second kappa shape index (κ2) is 6.97. The second-order valence-corrected chi connectivity index (χ2v) is 6.05. The highest BCUT2D eigenvalue weighted by Crippen LogP contribution is 2.27. The maximum Gasteiger partial charge on any atom is 0.227 e. The highest BCUT2D eigenvalue weighted by molar-refractivity contribution is 6.34. The summed E-state index contributed by atoms with van der Waals surface area (Å²) in [7, 11) is 0. The standard InChI is InChI=1S/C19H16ClNO3/c20-15-7-3-1-5-13(15)17(22)9-10-19(24)21-12-11-18(23)14-6-2-4-8-16(14)21/h1-8H,9-12H2. The third-order valence-electron chi connectivity index (χ3n) is 4.10. The van der Waals surface area contributed by atoms with Gasteiger partial charge in [0.1, 0.15) is 0 Å².